The van der Waals surface area contributed by atoms with E-state index in [1.165, 1.54) is 21.9 Å². The molecule has 25 heavy (non-hydrogen) atoms. The molecule has 0 saturated heterocycles. The largest absolute Gasteiger partial charge is 0.361 e. The molecule has 4 rings (SSSR count). The lowest BCUT2D eigenvalue weighted by Crippen LogP contribution is -2.26. The number of hydrogen-bond donors (Lipinski definition) is 2. The lowest BCUT2D eigenvalue weighted by atomic mass is 10.1. The van der Waals surface area contributed by atoms with E-state index in [2.05, 4.69) is 45.2 Å². The number of hydrogen-bond acceptors (Lipinski definition) is 1. The molecular formula is C21H21N3O. The number of rotatable bonds is 6. The predicted octanol–water partition coefficient (Wildman–Crippen LogP) is 3.87. The van der Waals surface area contributed by atoms with Crippen molar-refractivity contribution < 1.29 is 4.79 Å². The van der Waals surface area contributed by atoms with Crippen molar-refractivity contribution >= 4 is 27.7 Å². The molecule has 0 radical (unpaired) electrons. The molecule has 0 bridgehead atoms. The molecule has 0 aliphatic heterocycles. The van der Waals surface area contributed by atoms with E-state index in [1.807, 2.05) is 36.7 Å². The summed E-state index contributed by atoms with van der Waals surface area (Å²) in [5.74, 6) is 0.0950. The van der Waals surface area contributed by atoms with Gasteiger partial charge in [0.15, 0.2) is 0 Å². The maximum absolute atomic E-state index is 12.1. The SMILES string of the molecule is O=C(CCn1ccc2ccccc21)NCCc1c[nH]c2ccccc12. The molecule has 0 saturated carbocycles. The van der Waals surface area contributed by atoms with Crippen LogP contribution < -0.4 is 5.32 Å². The van der Waals surface area contributed by atoms with Crippen molar-refractivity contribution in [2.45, 2.75) is 19.4 Å². The summed E-state index contributed by atoms with van der Waals surface area (Å²) in [5.41, 5.74) is 3.56. The smallest absolute Gasteiger partial charge is 0.221 e. The van der Waals surface area contributed by atoms with Crippen LogP contribution in [0.15, 0.2) is 67.0 Å². The molecule has 0 atom stereocenters. The minimum atomic E-state index is 0.0950. The highest BCUT2D eigenvalue weighted by Gasteiger charge is 2.06. The zero-order valence-electron chi connectivity index (χ0n) is 14.0. The minimum Gasteiger partial charge on any atom is -0.361 e. The number of carbonyl (C=O) groups is 1. The molecule has 4 nitrogen and oxygen atoms in total. The number of aromatic amines is 1. The molecule has 126 valence electrons. The van der Waals surface area contributed by atoms with Crippen LogP contribution in [0.4, 0.5) is 0 Å². The van der Waals surface area contributed by atoms with Gasteiger partial charge in [0.25, 0.3) is 0 Å². The first-order valence-electron chi connectivity index (χ1n) is 8.67. The summed E-state index contributed by atoms with van der Waals surface area (Å²) in [5, 5.41) is 5.47. The average molecular weight is 331 g/mol. The van der Waals surface area contributed by atoms with Gasteiger partial charge in [-0.2, -0.15) is 0 Å². The van der Waals surface area contributed by atoms with Gasteiger partial charge in [0, 0.05) is 48.3 Å². The molecule has 2 aromatic heterocycles. The number of aryl methyl sites for hydroxylation is 1. The van der Waals surface area contributed by atoms with E-state index >= 15 is 0 Å². The van der Waals surface area contributed by atoms with Crippen molar-refractivity contribution in [1.82, 2.24) is 14.9 Å². The van der Waals surface area contributed by atoms with Gasteiger partial charge in [-0.25, -0.2) is 0 Å². The second-order valence-corrected chi connectivity index (χ2v) is 6.28. The zero-order chi connectivity index (χ0) is 17.1. The Kier molecular flexibility index (Phi) is 4.25. The van der Waals surface area contributed by atoms with Crippen LogP contribution in [-0.4, -0.2) is 22.0 Å². The number of carbonyl (C=O) groups excluding carboxylic acids is 1. The second kappa shape index (κ2) is 6.85. The summed E-state index contributed by atoms with van der Waals surface area (Å²) in [6.07, 6.45) is 5.40. The number of H-pyrrole nitrogens is 1. The van der Waals surface area contributed by atoms with Crippen LogP contribution in [-0.2, 0) is 17.8 Å². The third-order valence-electron chi connectivity index (χ3n) is 4.65. The summed E-state index contributed by atoms with van der Waals surface area (Å²) < 4.78 is 2.13. The summed E-state index contributed by atoms with van der Waals surface area (Å²) in [4.78, 5) is 15.4. The van der Waals surface area contributed by atoms with Crippen LogP contribution in [0.25, 0.3) is 21.8 Å². The van der Waals surface area contributed by atoms with Gasteiger partial charge >= 0.3 is 0 Å². The maximum Gasteiger partial charge on any atom is 0.221 e. The molecule has 0 spiro atoms. The molecule has 0 aliphatic carbocycles. The van der Waals surface area contributed by atoms with Gasteiger partial charge < -0.3 is 14.9 Å². The van der Waals surface area contributed by atoms with E-state index in [0.717, 1.165) is 11.9 Å². The standard InChI is InChI=1S/C21H21N3O/c25-21(11-14-24-13-10-16-5-1-4-8-20(16)24)22-12-9-17-15-23-19-7-3-2-6-18(17)19/h1-8,10,13,15,23H,9,11-12,14H2,(H,22,25). The Morgan fingerprint density at radius 2 is 1.88 bits per heavy atom. The third-order valence-corrected chi connectivity index (χ3v) is 4.65. The first kappa shape index (κ1) is 15.5. The molecule has 0 aliphatic rings. The molecule has 2 heterocycles. The number of nitrogens with zero attached hydrogens (tertiary/aromatic N) is 1. The van der Waals surface area contributed by atoms with Crippen molar-refractivity contribution in [3.63, 3.8) is 0 Å². The van der Waals surface area contributed by atoms with Gasteiger partial charge in [-0.15, -0.1) is 0 Å². The monoisotopic (exact) mass is 331 g/mol. The first-order chi connectivity index (χ1) is 12.3. The van der Waals surface area contributed by atoms with E-state index in [0.29, 0.717) is 19.5 Å². The number of para-hydroxylation sites is 2. The van der Waals surface area contributed by atoms with Gasteiger partial charge in [-0.3, -0.25) is 4.79 Å². The summed E-state index contributed by atoms with van der Waals surface area (Å²) in [6, 6.07) is 18.6. The number of benzene rings is 2. The summed E-state index contributed by atoms with van der Waals surface area (Å²) in [6.45, 7) is 1.36. The Hall–Kier alpha value is -3.01. The number of fused-ring (bicyclic) bond motifs is 2. The Morgan fingerprint density at radius 3 is 2.84 bits per heavy atom. The zero-order valence-corrected chi connectivity index (χ0v) is 14.0. The molecule has 2 aromatic carbocycles. The first-order valence-corrected chi connectivity index (χ1v) is 8.67. The molecule has 4 aromatic rings. The van der Waals surface area contributed by atoms with Gasteiger partial charge in [-0.1, -0.05) is 36.4 Å². The van der Waals surface area contributed by atoms with Gasteiger partial charge in [-0.05, 0) is 35.6 Å². The Morgan fingerprint density at radius 1 is 1.04 bits per heavy atom. The van der Waals surface area contributed by atoms with Crippen LogP contribution in [0.5, 0.6) is 0 Å². The lowest BCUT2D eigenvalue weighted by Gasteiger charge is -2.07. The van der Waals surface area contributed by atoms with Crippen molar-refractivity contribution in [1.29, 1.82) is 0 Å². The van der Waals surface area contributed by atoms with Crippen molar-refractivity contribution in [2.75, 3.05) is 6.54 Å². The average Bonchev–Trinajstić information content (AvgIpc) is 3.24. The van der Waals surface area contributed by atoms with Crippen molar-refractivity contribution in [3.05, 3.63) is 72.6 Å². The van der Waals surface area contributed by atoms with E-state index in [1.54, 1.807) is 0 Å². The normalized spacial score (nSPS) is 11.2. The van der Waals surface area contributed by atoms with Gasteiger partial charge in [0.05, 0.1) is 0 Å². The maximum atomic E-state index is 12.1. The highest BCUT2D eigenvalue weighted by molar-refractivity contribution is 5.83. The van der Waals surface area contributed by atoms with Crippen LogP contribution in [0, 0.1) is 0 Å². The van der Waals surface area contributed by atoms with Gasteiger partial charge in [0.2, 0.25) is 5.91 Å². The van der Waals surface area contributed by atoms with Crippen molar-refractivity contribution in [2.24, 2.45) is 0 Å². The van der Waals surface area contributed by atoms with E-state index in [-0.39, 0.29) is 5.91 Å². The summed E-state index contributed by atoms with van der Waals surface area (Å²) in [7, 11) is 0. The highest BCUT2D eigenvalue weighted by Crippen LogP contribution is 2.18. The Balaban J connectivity index is 1.29. The van der Waals surface area contributed by atoms with Crippen LogP contribution in [0.1, 0.15) is 12.0 Å². The van der Waals surface area contributed by atoms with E-state index < -0.39 is 0 Å². The second-order valence-electron chi connectivity index (χ2n) is 6.28. The number of nitrogens with one attached hydrogen (secondary N) is 2. The minimum absolute atomic E-state index is 0.0950. The molecule has 1 amide bonds. The van der Waals surface area contributed by atoms with E-state index in [9.17, 15) is 4.79 Å². The van der Waals surface area contributed by atoms with Gasteiger partial charge in [0.1, 0.15) is 0 Å². The fraction of sp³-hybridized carbons (Fsp3) is 0.190. The predicted molar refractivity (Wildman–Crippen MR) is 102 cm³/mol. The summed E-state index contributed by atoms with van der Waals surface area (Å²) >= 11 is 0. The highest BCUT2D eigenvalue weighted by atomic mass is 16.1. The van der Waals surface area contributed by atoms with Crippen LogP contribution in [0.3, 0.4) is 0 Å². The number of amides is 1. The van der Waals surface area contributed by atoms with Crippen molar-refractivity contribution in [3.8, 4) is 0 Å². The fourth-order valence-electron chi connectivity index (χ4n) is 3.32. The molecule has 0 fully saturated rings. The lowest BCUT2D eigenvalue weighted by molar-refractivity contribution is -0.121. The third kappa shape index (κ3) is 3.29. The Bertz CT molecular complexity index is 1010. The molecule has 0 unspecified atom stereocenters. The van der Waals surface area contributed by atoms with E-state index in [4.69, 9.17) is 0 Å². The molecule has 2 N–H and O–H groups in total. The topological polar surface area (TPSA) is 49.8 Å². The quantitative estimate of drug-likeness (QED) is 0.553. The molecular weight excluding hydrogens is 310 g/mol. The number of aromatic nitrogens is 2. The fourth-order valence-corrected chi connectivity index (χ4v) is 3.32. The molecule has 4 heteroatoms. The van der Waals surface area contributed by atoms with Crippen LogP contribution >= 0.6 is 0 Å². The Labute approximate surface area is 146 Å². The van der Waals surface area contributed by atoms with Crippen LogP contribution in [0.2, 0.25) is 0 Å².